The van der Waals surface area contributed by atoms with Gasteiger partial charge in [-0.3, -0.25) is 18.6 Å². The van der Waals surface area contributed by atoms with Crippen LogP contribution < -0.4 is 5.73 Å². The Morgan fingerprint density at radius 1 is 0.564 bits per heavy atom. The first-order valence-corrected chi connectivity index (χ1v) is 22.2. The van der Waals surface area contributed by atoms with Gasteiger partial charge in [-0.15, -0.1) is 0 Å². The molecule has 0 spiro atoms. The summed E-state index contributed by atoms with van der Waals surface area (Å²) in [6, 6.07) is 0. The number of unbranched alkanes of at least 4 members (excludes halogenated alkanes) is 8. The van der Waals surface area contributed by atoms with E-state index in [2.05, 4.69) is 105 Å². The molecule has 0 aliphatic heterocycles. The third-order valence-electron chi connectivity index (χ3n) is 7.95. The van der Waals surface area contributed by atoms with Gasteiger partial charge in [0.2, 0.25) is 0 Å². The van der Waals surface area contributed by atoms with Gasteiger partial charge in [-0.25, -0.2) is 4.57 Å². The molecule has 0 bridgehead atoms. The van der Waals surface area contributed by atoms with Crippen LogP contribution >= 0.6 is 7.82 Å². The smallest absolute Gasteiger partial charge is 0.462 e. The van der Waals surface area contributed by atoms with E-state index in [1.165, 1.54) is 25.7 Å². The third kappa shape index (κ3) is 40.4. The van der Waals surface area contributed by atoms with Crippen LogP contribution in [0.4, 0.5) is 0 Å². The summed E-state index contributed by atoms with van der Waals surface area (Å²) in [5.41, 5.74) is 5.34. The number of hydrogen-bond acceptors (Lipinski definition) is 8. The Kier molecular flexibility index (Phi) is 38.3. The molecule has 0 fully saturated rings. The van der Waals surface area contributed by atoms with Gasteiger partial charge >= 0.3 is 19.8 Å². The van der Waals surface area contributed by atoms with Crippen LogP contribution in [0.15, 0.2) is 97.2 Å². The number of allylic oxidation sites excluding steroid dienone is 16. The molecule has 0 saturated heterocycles. The Hall–Kier alpha value is -3.07. The molecular weight excluding hydrogens is 713 g/mol. The molecule has 0 aromatic heterocycles. The van der Waals surface area contributed by atoms with E-state index in [1.807, 2.05) is 6.08 Å². The average molecular weight is 788 g/mol. The fourth-order valence-electron chi connectivity index (χ4n) is 4.91. The Morgan fingerprint density at radius 3 is 1.53 bits per heavy atom. The topological polar surface area (TPSA) is 134 Å². The molecule has 0 aliphatic carbocycles. The second kappa shape index (κ2) is 40.6. The lowest BCUT2D eigenvalue weighted by Crippen LogP contribution is -2.29. The van der Waals surface area contributed by atoms with Crippen molar-refractivity contribution in [3.8, 4) is 0 Å². The number of ether oxygens (including phenoxy) is 2. The van der Waals surface area contributed by atoms with Crippen LogP contribution in [0.1, 0.15) is 142 Å². The SMILES string of the molecule is CC/C=C\C/C=C\C/C=C\C/C=C\C/C=C\CCCC(=O)O[C@H](COC(=O)CCCCCC/C=C\C/C=C\C/C=C\CCCCC)COP(=O)(O)OCCN. The van der Waals surface area contributed by atoms with Crippen molar-refractivity contribution in [3.63, 3.8) is 0 Å². The standard InChI is InChI=1S/C45H74NO8P/c1-3-5-7-9-11-13-15-17-19-21-23-25-27-29-31-33-35-37-44(47)51-41-43(42-53-55(49,50)52-40-39-46)54-45(48)38-36-34-32-30-28-26-24-22-20-18-16-14-12-10-8-6-4-2/h6,8,11-14,17-20,23-26,30,32,43H,3-5,7,9-10,15-16,21-22,27-29,31,33-42,46H2,1-2H3,(H,49,50)/b8-6-,13-11-,14-12-,19-17-,20-18-,25-23-,26-24-,32-30-/t43-/m1/s1. The number of nitrogens with two attached hydrogens (primary N) is 1. The van der Waals surface area contributed by atoms with E-state index >= 15 is 0 Å². The van der Waals surface area contributed by atoms with Crippen LogP contribution in [-0.4, -0.2) is 49.3 Å². The molecule has 312 valence electrons. The van der Waals surface area contributed by atoms with Crippen LogP contribution in [0.25, 0.3) is 0 Å². The van der Waals surface area contributed by atoms with E-state index in [-0.39, 0.29) is 32.6 Å². The summed E-state index contributed by atoms with van der Waals surface area (Å²) in [6.07, 6.45) is 51.6. The molecule has 2 atom stereocenters. The zero-order chi connectivity index (χ0) is 40.3. The monoisotopic (exact) mass is 788 g/mol. The number of phosphoric ester groups is 1. The van der Waals surface area contributed by atoms with Crippen molar-refractivity contribution >= 4 is 19.8 Å². The van der Waals surface area contributed by atoms with Crippen molar-refractivity contribution in [3.05, 3.63) is 97.2 Å². The molecule has 0 saturated carbocycles. The minimum Gasteiger partial charge on any atom is -0.462 e. The van der Waals surface area contributed by atoms with Crippen LogP contribution in [0.5, 0.6) is 0 Å². The minimum atomic E-state index is -4.40. The molecule has 0 aliphatic rings. The summed E-state index contributed by atoms with van der Waals surface area (Å²) in [7, 11) is -4.40. The quantitative estimate of drug-likeness (QED) is 0.0273. The minimum absolute atomic E-state index is 0.0354. The highest BCUT2D eigenvalue weighted by molar-refractivity contribution is 7.47. The third-order valence-corrected chi connectivity index (χ3v) is 8.94. The molecule has 1 unspecified atom stereocenters. The highest BCUT2D eigenvalue weighted by atomic mass is 31.2. The van der Waals surface area contributed by atoms with Gasteiger partial charge in [0, 0.05) is 19.4 Å². The fourth-order valence-corrected chi connectivity index (χ4v) is 5.67. The maximum absolute atomic E-state index is 12.5. The molecule has 10 heteroatoms. The molecular formula is C45H74NO8P. The van der Waals surface area contributed by atoms with Gasteiger partial charge in [0.25, 0.3) is 0 Å². The Bertz CT molecular complexity index is 1220. The van der Waals surface area contributed by atoms with Gasteiger partial charge in [-0.05, 0) is 89.9 Å². The summed E-state index contributed by atoms with van der Waals surface area (Å²) in [5, 5.41) is 0. The van der Waals surface area contributed by atoms with Crippen molar-refractivity contribution in [1.29, 1.82) is 0 Å². The summed E-state index contributed by atoms with van der Waals surface area (Å²) < 4.78 is 32.6. The van der Waals surface area contributed by atoms with Gasteiger partial charge in [0.1, 0.15) is 6.61 Å². The molecule has 0 radical (unpaired) electrons. The molecule has 9 nitrogen and oxygen atoms in total. The first-order chi connectivity index (χ1) is 26.8. The van der Waals surface area contributed by atoms with E-state index < -0.39 is 32.5 Å². The van der Waals surface area contributed by atoms with Crippen molar-refractivity contribution in [1.82, 2.24) is 0 Å². The summed E-state index contributed by atoms with van der Waals surface area (Å²) in [6.45, 7) is 3.46. The van der Waals surface area contributed by atoms with Gasteiger partial charge in [0.15, 0.2) is 6.10 Å². The molecule has 55 heavy (non-hydrogen) atoms. The van der Waals surface area contributed by atoms with E-state index in [9.17, 15) is 19.0 Å². The maximum atomic E-state index is 12.5. The number of esters is 2. The molecule has 0 heterocycles. The van der Waals surface area contributed by atoms with E-state index in [0.29, 0.717) is 19.3 Å². The lowest BCUT2D eigenvalue weighted by Gasteiger charge is -2.19. The number of carbonyl (C=O) groups excluding carboxylic acids is 2. The van der Waals surface area contributed by atoms with Crippen molar-refractivity contribution in [2.24, 2.45) is 5.73 Å². The van der Waals surface area contributed by atoms with E-state index in [4.69, 9.17) is 24.3 Å². The number of hydrogen-bond donors (Lipinski definition) is 2. The normalized spacial score (nSPS) is 14.3. The van der Waals surface area contributed by atoms with Crippen molar-refractivity contribution in [2.75, 3.05) is 26.4 Å². The summed E-state index contributed by atoms with van der Waals surface area (Å²) in [4.78, 5) is 34.8. The van der Waals surface area contributed by atoms with Crippen LogP contribution in [-0.2, 0) is 32.7 Å². The molecule has 0 aromatic rings. The van der Waals surface area contributed by atoms with Crippen LogP contribution in [0, 0.1) is 0 Å². The molecule has 0 rings (SSSR count). The lowest BCUT2D eigenvalue weighted by molar-refractivity contribution is -0.161. The Labute approximate surface area is 334 Å². The summed E-state index contributed by atoms with van der Waals surface area (Å²) >= 11 is 0. The first-order valence-electron chi connectivity index (χ1n) is 20.7. The zero-order valence-corrected chi connectivity index (χ0v) is 35.0. The van der Waals surface area contributed by atoms with Gasteiger partial charge in [0.05, 0.1) is 13.2 Å². The first kappa shape index (κ1) is 51.9. The van der Waals surface area contributed by atoms with Crippen molar-refractivity contribution < 1.29 is 37.6 Å². The second-order valence-corrected chi connectivity index (χ2v) is 14.6. The Morgan fingerprint density at radius 2 is 1.02 bits per heavy atom. The highest BCUT2D eigenvalue weighted by Gasteiger charge is 2.25. The van der Waals surface area contributed by atoms with Gasteiger partial charge in [-0.1, -0.05) is 137 Å². The van der Waals surface area contributed by atoms with Gasteiger partial charge in [-0.2, -0.15) is 0 Å². The second-order valence-electron chi connectivity index (χ2n) is 13.1. The number of carbonyl (C=O) groups is 2. The Balaban J connectivity index is 4.35. The van der Waals surface area contributed by atoms with Gasteiger partial charge < -0.3 is 20.1 Å². The molecule has 3 N–H and O–H groups in total. The lowest BCUT2D eigenvalue weighted by atomic mass is 10.1. The highest BCUT2D eigenvalue weighted by Crippen LogP contribution is 2.43. The average Bonchev–Trinajstić information content (AvgIpc) is 3.17. The zero-order valence-electron chi connectivity index (χ0n) is 34.1. The van der Waals surface area contributed by atoms with E-state index in [0.717, 1.165) is 70.6 Å². The number of rotatable bonds is 37. The molecule has 0 aromatic carbocycles. The number of phosphoric acid groups is 1. The fraction of sp³-hybridized carbons (Fsp3) is 0.600. The van der Waals surface area contributed by atoms with Crippen LogP contribution in [0.3, 0.4) is 0 Å². The molecule has 0 amide bonds. The largest absolute Gasteiger partial charge is 0.472 e. The van der Waals surface area contributed by atoms with Crippen molar-refractivity contribution in [2.45, 2.75) is 148 Å². The van der Waals surface area contributed by atoms with Crippen LogP contribution in [0.2, 0.25) is 0 Å². The predicted molar refractivity (Wildman–Crippen MR) is 228 cm³/mol. The van der Waals surface area contributed by atoms with E-state index in [1.54, 1.807) is 0 Å². The maximum Gasteiger partial charge on any atom is 0.472 e. The summed E-state index contributed by atoms with van der Waals surface area (Å²) in [5.74, 6) is -0.934. The predicted octanol–water partition coefficient (Wildman–Crippen LogP) is 11.8.